The van der Waals surface area contributed by atoms with Gasteiger partial charge in [0.15, 0.2) is 0 Å². The number of fused-ring (bicyclic) bond motifs is 1. The van der Waals surface area contributed by atoms with Gasteiger partial charge in [-0.3, -0.25) is 0 Å². The fourth-order valence-electron chi connectivity index (χ4n) is 11.0. The molecule has 6 saturated carbocycles. The maximum atomic E-state index is 4.44. The Labute approximate surface area is 155 Å². The monoisotopic (exact) mass is 338 g/mol. The van der Waals surface area contributed by atoms with Gasteiger partial charge in [-0.1, -0.05) is 45.3 Å². The third-order valence-electron chi connectivity index (χ3n) is 11.3. The van der Waals surface area contributed by atoms with Gasteiger partial charge in [0.1, 0.15) is 0 Å². The fourth-order valence-corrected chi connectivity index (χ4v) is 11.0. The Bertz CT molecular complexity index is 632. The quantitative estimate of drug-likeness (QED) is 0.493. The van der Waals surface area contributed by atoms with E-state index in [4.69, 9.17) is 0 Å². The van der Waals surface area contributed by atoms with Crippen LogP contribution in [0.25, 0.3) is 0 Å². The van der Waals surface area contributed by atoms with Crippen molar-refractivity contribution in [1.29, 1.82) is 0 Å². The van der Waals surface area contributed by atoms with Crippen molar-refractivity contribution in [3.63, 3.8) is 0 Å². The van der Waals surface area contributed by atoms with E-state index in [1.54, 1.807) is 38.5 Å². The summed E-state index contributed by atoms with van der Waals surface area (Å²) in [6.07, 6.45) is 15.5. The first-order valence-corrected chi connectivity index (χ1v) is 11.6. The van der Waals surface area contributed by atoms with E-state index in [-0.39, 0.29) is 0 Å². The molecule has 6 rings (SSSR count). The Morgan fingerprint density at radius 1 is 1.04 bits per heavy atom. The smallest absolute Gasteiger partial charge is 0.0152 e. The zero-order valence-electron chi connectivity index (χ0n) is 16.8. The molecule has 0 aliphatic heterocycles. The van der Waals surface area contributed by atoms with Crippen LogP contribution in [0.1, 0.15) is 85.0 Å². The van der Waals surface area contributed by atoms with Crippen LogP contribution in [0.3, 0.4) is 0 Å². The Morgan fingerprint density at radius 3 is 2.60 bits per heavy atom. The van der Waals surface area contributed by atoms with Gasteiger partial charge < -0.3 is 0 Å². The lowest BCUT2D eigenvalue weighted by molar-refractivity contribution is -0.205. The zero-order valence-corrected chi connectivity index (χ0v) is 16.8. The minimum atomic E-state index is 0.612. The largest absolute Gasteiger partial charge is 0.0998 e. The van der Waals surface area contributed by atoms with E-state index in [1.807, 2.05) is 0 Å². The van der Waals surface area contributed by atoms with Crippen molar-refractivity contribution < 1.29 is 0 Å². The second-order valence-corrected chi connectivity index (χ2v) is 11.8. The molecular formula is C25H38. The molecule has 0 N–H and O–H groups in total. The van der Waals surface area contributed by atoms with E-state index in [0.29, 0.717) is 5.41 Å². The molecule has 5 unspecified atom stereocenters. The SMILES string of the molecule is C=C(C)[C@H]1CCC2C3[C@H]4C(CC[C@@]31C)[C@H]1CC[C@H](CCC)CC13CC243. The lowest BCUT2D eigenvalue weighted by Crippen LogP contribution is -2.63. The molecule has 0 saturated heterocycles. The number of rotatable bonds is 3. The zero-order chi connectivity index (χ0) is 17.2. The molecule has 6 aliphatic rings. The van der Waals surface area contributed by atoms with Crippen LogP contribution in [0.5, 0.6) is 0 Å². The highest BCUT2D eigenvalue weighted by atomic mass is 14.9. The normalized spacial score (nSPS) is 63.1. The lowest BCUT2D eigenvalue weighted by Gasteiger charge is -2.69. The summed E-state index contributed by atoms with van der Waals surface area (Å²) in [6, 6.07) is 0. The van der Waals surface area contributed by atoms with Crippen LogP contribution in [0, 0.1) is 57.7 Å². The van der Waals surface area contributed by atoms with Crippen molar-refractivity contribution in [2.75, 3.05) is 0 Å². The van der Waals surface area contributed by atoms with E-state index >= 15 is 0 Å². The Morgan fingerprint density at radius 2 is 1.84 bits per heavy atom. The number of hydrogen-bond acceptors (Lipinski definition) is 0. The van der Waals surface area contributed by atoms with Gasteiger partial charge in [-0.25, -0.2) is 0 Å². The molecule has 0 aromatic rings. The molecule has 0 heterocycles. The molecule has 2 spiro atoms. The van der Waals surface area contributed by atoms with Crippen LogP contribution < -0.4 is 0 Å². The van der Waals surface area contributed by atoms with Gasteiger partial charge in [0.25, 0.3) is 0 Å². The summed E-state index contributed by atoms with van der Waals surface area (Å²) in [6.45, 7) is 11.9. The molecule has 25 heavy (non-hydrogen) atoms. The topological polar surface area (TPSA) is 0 Å². The summed E-state index contributed by atoms with van der Waals surface area (Å²) < 4.78 is 0. The molecular weight excluding hydrogens is 300 g/mol. The van der Waals surface area contributed by atoms with Gasteiger partial charge >= 0.3 is 0 Å². The van der Waals surface area contributed by atoms with Gasteiger partial charge in [-0.2, -0.15) is 0 Å². The third-order valence-corrected chi connectivity index (χ3v) is 11.3. The van der Waals surface area contributed by atoms with Gasteiger partial charge in [-0.15, -0.1) is 0 Å². The maximum Gasteiger partial charge on any atom is -0.0152 e. The van der Waals surface area contributed by atoms with Crippen LogP contribution in [0.2, 0.25) is 0 Å². The van der Waals surface area contributed by atoms with E-state index in [1.165, 1.54) is 31.3 Å². The van der Waals surface area contributed by atoms with E-state index in [9.17, 15) is 0 Å². The van der Waals surface area contributed by atoms with Crippen molar-refractivity contribution in [2.24, 2.45) is 57.7 Å². The first-order valence-electron chi connectivity index (χ1n) is 11.6. The molecule has 0 nitrogen and oxygen atoms in total. The van der Waals surface area contributed by atoms with Crippen molar-refractivity contribution in [2.45, 2.75) is 85.0 Å². The Kier molecular flexibility index (Phi) is 2.89. The molecule has 0 bridgehead atoms. The highest BCUT2D eigenvalue weighted by molar-refractivity contribution is 5.39. The summed E-state index contributed by atoms with van der Waals surface area (Å²) >= 11 is 0. The number of hydrogen-bond donors (Lipinski definition) is 0. The lowest BCUT2D eigenvalue weighted by atomic mass is 9.35. The second-order valence-electron chi connectivity index (χ2n) is 11.8. The molecule has 0 aromatic carbocycles. The molecule has 0 heteroatoms. The average Bonchev–Trinajstić information content (AvgIpc) is 3.19. The molecule has 0 radical (unpaired) electrons. The summed E-state index contributed by atoms with van der Waals surface area (Å²) in [7, 11) is 0. The second kappa shape index (κ2) is 4.59. The van der Waals surface area contributed by atoms with Crippen molar-refractivity contribution in [1.82, 2.24) is 0 Å². The number of allylic oxidation sites excluding steroid dienone is 1. The molecule has 0 aromatic heterocycles. The first kappa shape index (κ1) is 15.8. The molecule has 6 fully saturated rings. The van der Waals surface area contributed by atoms with Crippen LogP contribution in [0.4, 0.5) is 0 Å². The van der Waals surface area contributed by atoms with E-state index < -0.39 is 0 Å². The van der Waals surface area contributed by atoms with E-state index in [2.05, 4.69) is 27.4 Å². The predicted molar refractivity (Wildman–Crippen MR) is 104 cm³/mol. The molecule has 0 amide bonds. The first-order chi connectivity index (χ1) is 12.0. The summed E-state index contributed by atoms with van der Waals surface area (Å²) in [5.74, 6) is 7.53. The van der Waals surface area contributed by atoms with Gasteiger partial charge in [0.2, 0.25) is 0 Å². The molecule has 138 valence electrons. The van der Waals surface area contributed by atoms with Crippen LogP contribution in [-0.2, 0) is 0 Å². The fraction of sp³-hybridized carbons (Fsp3) is 0.920. The highest BCUT2D eigenvalue weighted by Crippen LogP contribution is 2.96. The molecule has 6 aliphatic carbocycles. The average molecular weight is 339 g/mol. The standard InChI is InChI=1S/C25H38/c1-5-6-16-7-8-19-17-11-12-23(4)18(15(2)3)9-10-20-22(23)21(17)25(20)14-24(19,25)13-16/h16-22H,2,5-14H2,1,3-4H3/t16-,17?,18+,19+,20?,21+,22?,23+,24?,25?/m0/s1. The minimum Gasteiger partial charge on any atom is -0.0998 e. The summed E-state index contributed by atoms with van der Waals surface area (Å²) in [5.41, 5.74) is 3.83. The van der Waals surface area contributed by atoms with Crippen molar-refractivity contribution in [3.05, 3.63) is 12.2 Å². The maximum absolute atomic E-state index is 4.44. The van der Waals surface area contributed by atoms with Crippen LogP contribution in [-0.4, -0.2) is 0 Å². The Hall–Kier alpha value is -0.260. The van der Waals surface area contributed by atoms with Crippen molar-refractivity contribution in [3.8, 4) is 0 Å². The summed E-state index contributed by atoms with van der Waals surface area (Å²) in [5, 5.41) is 0. The third kappa shape index (κ3) is 1.49. The van der Waals surface area contributed by atoms with Gasteiger partial charge in [0, 0.05) is 0 Å². The van der Waals surface area contributed by atoms with Crippen LogP contribution >= 0.6 is 0 Å². The Balaban J connectivity index is 1.38. The summed E-state index contributed by atoms with van der Waals surface area (Å²) in [4.78, 5) is 0. The minimum absolute atomic E-state index is 0.612. The highest BCUT2D eigenvalue weighted by Gasteiger charge is 2.91. The van der Waals surface area contributed by atoms with Gasteiger partial charge in [-0.05, 0) is 110 Å². The van der Waals surface area contributed by atoms with E-state index in [0.717, 1.165) is 52.3 Å². The van der Waals surface area contributed by atoms with Gasteiger partial charge in [0.05, 0.1) is 0 Å². The predicted octanol–water partition coefficient (Wildman–Crippen LogP) is 6.86. The molecule has 10 atom stereocenters. The van der Waals surface area contributed by atoms with Crippen molar-refractivity contribution >= 4 is 0 Å². The van der Waals surface area contributed by atoms with Crippen LogP contribution in [0.15, 0.2) is 12.2 Å².